The largest absolute Gasteiger partial charge is 0.352 e. The van der Waals surface area contributed by atoms with Gasteiger partial charge >= 0.3 is 0 Å². The summed E-state index contributed by atoms with van der Waals surface area (Å²) in [5.74, 6) is 1.49. The monoisotopic (exact) mass is 284 g/mol. The van der Waals surface area contributed by atoms with E-state index < -0.39 is 0 Å². The summed E-state index contributed by atoms with van der Waals surface area (Å²) in [6.07, 6.45) is 1.04. The van der Waals surface area contributed by atoms with Gasteiger partial charge in [0.15, 0.2) is 0 Å². The van der Waals surface area contributed by atoms with Crippen molar-refractivity contribution in [1.82, 2.24) is 9.97 Å². The van der Waals surface area contributed by atoms with Crippen LogP contribution in [0.15, 0.2) is 24.3 Å². The van der Waals surface area contributed by atoms with Gasteiger partial charge in [0.25, 0.3) is 0 Å². The Bertz CT molecular complexity index is 602. The molecule has 0 radical (unpaired) electrons. The summed E-state index contributed by atoms with van der Waals surface area (Å²) in [6.45, 7) is 10.4. The van der Waals surface area contributed by atoms with Crippen LogP contribution in [0.25, 0.3) is 0 Å². The van der Waals surface area contributed by atoms with E-state index in [2.05, 4.69) is 66.5 Å². The van der Waals surface area contributed by atoms with E-state index in [9.17, 15) is 0 Å². The van der Waals surface area contributed by atoms with Crippen LogP contribution >= 0.6 is 0 Å². The fourth-order valence-corrected chi connectivity index (χ4v) is 2.21. The quantitative estimate of drug-likeness (QED) is 0.856. The Morgan fingerprint density at radius 3 is 2.29 bits per heavy atom. The van der Waals surface area contributed by atoms with Gasteiger partial charge in [-0.2, -0.15) is 4.98 Å². The Morgan fingerprint density at radius 1 is 1.00 bits per heavy atom. The lowest BCUT2D eigenvalue weighted by Crippen LogP contribution is -2.16. The normalized spacial score (nSPS) is 12.0. The van der Waals surface area contributed by atoms with Gasteiger partial charge in [-0.1, -0.05) is 13.0 Å². The second kappa shape index (κ2) is 6.57. The SMILES string of the molecule is CCC(C)Nc1nc(C)cc(Nc2cc(C)cc(C)c2)n1. The molecular weight excluding hydrogens is 260 g/mol. The van der Waals surface area contributed by atoms with E-state index in [1.165, 1.54) is 11.1 Å². The highest BCUT2D eigenvalue weighted by Gasteiger charge is 2.06. The molecule has 1 heterocycles. The van der Waals surface area contributed by atoms with Crippen molar-refractivity contribution in [2.24, 2.45) is 0 Å². The topological polar surface area (TPSA) is 49.8 Å². The molecule has 2 rings (SSSR count). The molecule has 2 aromatic rings. The minimum absolute atomic E-state index is 0.362. The Labute approximate surface area is 127 Å². The van der Waals surface area contributed by atoms with E-state index in [1.807, 2.05) is 13.0 Å². The molecule has 0 bridgehead atoms. The number of hydrogen-bond acceptors (Lipinski definition) is 4. The van der Waals surface area contributed by atoms with Crippen LogP contribution in [0, 0.1) is 20.8 Å². The molecule has 4 heteroatoms. The molecule has 0 aliphatic heterocycles. The number of benzene rings is 1. The third-order valence-electron chi connectivity index (χ3n) is 3.34. The molecule has 112 valence electrons. The molecule has 0 aliphatic rings. The second-order valence-electron chi connectivity index (χ2n) is 5.67. The molecule has 4 nitrogen and oxygen atoms in total. The van der Waals surface area contributed by atoms with Crippen LogP contribution in [0.5, 0.6) is 0 Å². The lowest BCUT2D eigenvalue weighted by atomic mass is 10.1. The van der Waals surface area contributed by atoms with E-state index in [4.69, 9.17) is 0 Å². The minimum atomic E-state index is 0.362. The summed E-state index contributed by atoms with van der Waals surface area (Å²) in [7, 11) is 0. The summed E-state index contributed by atoms with van der Waals surface area (Å²) in [4.78, 5) is 8.98. The van der Waals surface area contributed by atoms with Crippen LogP contribution in [0.2, 0.25) is 0 Å². The summed E-state index contributed by atoms with van der Waals surface area (Å²) >= 11 is 0. The van der Waals surface area contributed by atoms with Gasteiger partial charge in [-0.15, -0.1) is 0 Å². The van der Waals surface area contributed by atoms with Gasteiger partial charge in [0.1, 0.15) is 5.82 Å². The lowest BCUT2D eigenvalue weighted by molar-refractivity contribution is 0.752. The molecule has 0 saturated carbocycles. The Hall–Kier alpha value is -2.10. The van der Waals surface area contributed by atoms with Gasteiger partial charge in [0, 0.05) is 23.5 Å². The zero-order chi connectivity index (χ0) is 15.4. The number of aromatic nitrogens is 2. The highest BCUT2D eigenvalue weighted by Crippen LogP contribution is 2.20. The van der Waals surface area contributed by atoms with Crippen molar-refractivity contribution in [3.05, 3.63) is 41.1 Å². The molecule has 1 unspecified atom stereocenters. The first-order valence-corrected chi connectivity index (χ1v) is 7.44. The smallest absolute Gasteiger partial charge is 0.225 e. The van der Waals surface area contributed by atoms with Crippen molar-refractivity contribution in [1.29, 1.82) is 0 Å². The maximum absolute atomic E-state index is 4.54. The molecule has 0 saturated heterocycles. The molecule has 1 aromatic heterocycles. The average molecular weight is 284 g/mol. The van der Waals surface area contributed by atoms with E-state index in [0.29, 0.717) is 12.0 Å². The first kappa shape index (κ1) is 15.3. The van der Waals surface area contributed by atoms with E-state index in [1.54, 1.807) is 0 Å². The Kier molecular flexibility index (Phi) is 4.78. The Balaban J connectivity index is 2.23. The van der Waals surface area contributed by atoms with Crippen molar-refractivity contribution in [2.75, 3.05) is 10.6 Å². The van der Waals surface area contributed by atoms with E-state index in [0.717, 1.165) is 23.6 Å². The van der Waals surface area contributed by atoms with Crippen LogP contribution in [-0.2, 0) is 0 Å². The highest BCUT2D eigenvalue weighted by molar-refractivity contribution is 5.59. The molecule has 0 fully saturated rings. The predicted octanol–water partition coefficient (Wildman–Crippen LogP) is 4.36. The summed E-state index contributed by atoms with van der Waals surface area (Å²) < 4.78 is 0. The highest BCUT2D eigenvalue weighted by atomic mass is 15.2. The number of hydrogen-bond donors (Lipinski definition) is 2. The molecule has 0 spiro atoms. The number of nitrogens with one attached hydrogen (secondary N) is 2. The van der Waals surface area contributed by atoms with Crippen molar-refractivity contribution in [2.45, 2.75) is 47.1 Å². The summed E-state index contributed by atoms with van der Waals surface area (Å²) in [6, 6.07) is 8.71. The van der Waals surface area contributed by atoms with Crippen LogP contribution in [0.1, 0.15) is 37.1 Å². The molecular formula is C17H24N4. The van der Waals surface area contributed by atoms with Gasteiger partial charge in [0.2, 0.25) is 5.95 Å². The van der Waals surface area contributed by atoms with Crippen LogP contribution in [0.3, 0.4) is 0 Å². The fourth-order valence-electron chi connectivity index (χ4n) is 2.21. The van der Waals surface area contributed by atoms with Gasteiger partial charge in [-0.05, 0) is 57.4 Å². The maximum Gasteiger partial charge on any atom is 0.225 e. The molecule has 2 N–H and O–H groups in total. The van der Waals surface area contributed by atoms with Crippen molar-refractivity contribution in [3.8, 4) is 0 Å². The van der Waals surface area contributed by atoms with Crippen molar-refractivity contribution >= 4 is 17.5 Å². The van der Waals surface area contributed by atoms with Gasteiger partial charge in [0.05, 0.1) is 0 Å². The minimum Gasteiger partial charge on any atom is -0.352 e. The summed E-state index contributed by atoms with van der Waals surface area (Å²) in [5.41, 5.74) is 4.48. The van der Waals surface area contributed by atoms with Gasteiger partial charge in [-0.3, -0.25) is 0 Å². The van der Waals surface area contributed by atoms with Crippen molar-refractivity contribution < 1.29 is 0 Å². The maximum atomic E-state index is 4.54. The first-order chi connectivity index (χ1) is 9.96. The molecule has 0 aliphatic carbocycles. The van der Waals surface area contributed by atoms with Crippen molar-refractivity contribution in [3.63, 3.8) is 0 Å². The number of nitrogens with zero attached hydrogens (tertiary/aromatic N) is 2. The molecule has 0 amide bonds. The number of anilines is 3. The van der Waals surface area contributed by atoms with E-state index >= 15 is 0 Å². The molecule has 21 heavy (non-hydrogen) atoms. The zero-order valence-corrected chi connectivity index (χ0v) is 13.5. The zero-order valence-electron chi connectivity index (χ0n) is 13.5. The summed E-state index contributed by atoms with van der Waals surface area (Å²) in [5, 5.41) is 6.69. The second-order valence-corrected chi connectivity index (χ2v) is 5.67. The fraction of sp³-hybridized carbons (Fsp3) is 0.412. The third-order valence-corrected chi connectivity index (χ3v) is 3.34. The van der Waals surface area contributed by atoms with E-state index in [-0.39, 0.29) is 0 Å². The van der Waals surface area contributed by atoms with Gasteiger partial charge in [-0.25, -0.2) is 4.98 Å². The van der Waals surface area contributed by atoms with Crippen LogP contribution in [0.4, 0.5) is 17.5 Å². The Morgan fingerprint density at radius 2 is 1.67 bits per heavy atom. The lowest BCUT2D eigenvalue weighted by Gasteiger charge is -2.14. The number of aryl methyl sites for hydroxylation is 3. The standard InChI is InChI=1S/C17H24N4/c1-6-13(4)18-17-19-14(5)10-16(21-17)20-15-8-11(2)7-12(3)9-15/h7-10,13H,6H2,1-5H3,(H2,18,19,20,21). The van der Waals surface area contributed by atoms with Crippen LogP contribution < -0.4 is 10.6 Å². The molecule has 1 atom stereocenters. The number of rotatable bonds is 5. The third kappa shape index (κ3) is 4.45. The predicted molar refractivity (Wildman–Crippen MR) is 89.3 cm³/mol. The van der Waals surface area contributed by atoms with Crippen LogP contribution in [-0.4, -0.2) is 16.0 Å². The van der Waals surface area contributed by atoms with Gasteiger partial charge < -0.3 is 10.6 Å². The molecule has 1 aromatic carbocycles. The first-order valence-electron chi connectivity index (χ1n) is 7.44. The average Bonchev–Trinajstić information content (AvgIpc) is 2.36.